The molecule has 0 aliphatic carbocycles. The fraction of sp³-hybridized carbons (Fsp3) is 0.267. The van der Waals surface area contributed by atoms with E-state index in [2.05, 4.69) is 10.6 Å². The van der Waals surface area contributed by atoms with Crippen LogP contribution in [0.3, 0.4) is 0 Å². The number of amides is 2. The standard InChI is InChI=1S/C15H15F3N2O3/c16-15(17,18)10-3-5-11(6-4-10)20-14(22)19-8-7-12(21)13-2-1-9-23-13/h1-6,9,12,21H,7-8H2,(H2,19,20,22). The lowest BCUT2D eigenvalue weighted by Gasteiger charge is -2.11. The molecule has 5 nitrogen and oxygen atoms in total. The highest BCUT2D eigenvalue weighted by atomic mass is 19.4. The Balaban J connectivity index is 1.76. The van der Waals surface area contributed by atoms with E-state index in [0.717, 1.165) is 12.1 Å². The van der Waals surface area contributed by atoms with Crippen LogP contribution in [0.25, 0.3) is 0 Å². The molecule has 0 aliphatic rings. The van der Waals surface area contributed by atoms with Crippen LogP contribution in [-0.4, -0.2) is 17.7 Å². The van der Waals surface area contributed by atoms with Gasteiger partial charge in [0.1, 0.15) is 11.9 Å². The number of rotatable bonds is 5. The number of aliphatic hydroxyl groups is 1. The van der Waals surface area contributed by atoms with Crippen molar-refractivity contribution in [2.75, 3.05) is 11.9 Å². The number of hydrogen-bond acceptors (Lipinski definition) is 3. The van der Waals surface area contributed by atoms with Gasteiger partial charge in [-0.3, -0.25) is 0 Å². The Morgan fingerprint density at radius 3 is 2.48 bits per heavy atom. The summed E-state index contributed by atoms with van der Waals surface area (Å²) in [5.74, 6) is 0.398. The summed E-state index contributed by atoms with van der Waals surface area (Å²) in [6.45, 7) is 0.175. The summed E-state index contributed by atoms with van der Waals surface area (Å²) in [5.41, 5.74) is -0.549. The summed E-state index contributed by atoms with van der Waals surface area (Å²) in [6.07, 6.45) is -3.57. The lowest BCUT2D eigenvalue weighted by Crippen LogP contribution is -2.30. The van der Waals surface area contributed by atoms with E-state index in [1.807, 2.05) is 0 Å². The molecule has 2 rings (SSSR count). The van der Waals surface area contributed by atoms with Crippen molar-refractivity contribution in [3.8, 4) is 0 Å². The predicted octanol–water partition coefficient (Wildman–Crippen LogP) is 3.54. The highest BCUT2D eigenvalue weighted by Crippen LogP contribution is 2.29. The lowest BCUT2D eigenvalue weighted by molar-refractivity contribution is -0.137. The number of carbonyl (C=O) groups excluding carboxylic acids is 1. The van der Waals surface area contributed by atoms with Crippen LogP contribution in [0.1, 0.15) is 23.8 Å². The van der Waals surface area contributed by atoms with Crippen LogP contribution in [0.2, 0.25) is 0 Å². The molecule has 1 heterocycles. The highest BCUT2D eigenvalue weighted by Gasteiger charge is 2.29. The minimum atomic E-state index is -4.41. The van der Waals surface area contributed by atoms with E-state index in [0.29, 0.717) is 5.76 Å². The van der Waals surface area contributed by atoms with Crippen LogP contribution in [0.4, 0.5) is 23.7 Å². The first-order valence-corrected chi connectivity index (χ1v) is 6.80. The summed E-state index contributed by atoms with van der Waals surface area (Å²) in [7, 11) is 0. The van der Waals surface area contributed by atoms with Crippen molar-refractivity contribution in [2.24, 2.45) is 0 Å². The third-order valence-electron chi connectivity index (χ3n) is 3.05. The number of aliphatic hydroxyl groups excluding tert-OH is 1. The maximum Gasteiger partial charge on any atom is 0.416 e. The molecule has 1 atom stereocenters. The third kappa shape index (κ3) is 5.03. The molecule has 1 aromatic heterocycles. The lowest BCUT2D eigenvalue weighted by atomic mass is 10.2. The van der Waals surface area contributed by atoms with Gasteiger partial charge in [0.2, 0.25) is 0 Å². The number of furan rings is 1. The number of halogens is 3. The molecule has 0 spiro atoms. The number of nitrogens with one attached hydrogen (secondary N) is 2. The number of urea groups is 1. The first-order valence-electron chi connectivity index (χ1n) is 6.80. The molecule has 0 saturated carbocycles. The van der Waals surface area contributed by atoms with Gasteiger partial charge < -0.3 is 20.2 Å². The van der Waals surface area contributed by atoms with Gasteiger partial charge in [-0.05, 0) is 42.8 Å². The Morgan fingerprint density at radius 1 is 1.22 bits per heavy atom. The second-order valence-corrected chi connectivity index (χ2v) is 4.78. The Hall–Kier alpha value is -2.48. The first-order chi connectivity index (χ1) is 10.9. The molecule has 3 N–H and O–H groups in total. The van der Waals surface area contributed by atoms with Crippen molar-refractivity contribution < 1.29 is 27.5 Å². The molecule has 2 aromatic rings. The van der Waals surface area contributed by atoms with Gasteiger partial charge >= 0.3 is 12.2 Å². The van der Waals surface area contributed by atoms with Gasteiger partial charge in [-0.2, -0.15) is 13.2 Å². The second kappa shape index (κ2) is 7.19. The molecular weight excluding hydrogens is 313 g/mol. The maximum absolute atomic E-state index is 12.4. The van der Waals surface area contributed by atoms with E-state index < -0.39 is 23.9 Å². The first kappa shape index (κ1) is 16.9. The van der Waals surface area contributed by atoms with Gasteiger partial charge in [0, 0.05) is 12.2 Å². The van der Waals surface area contributed by atoms with Crippen LogP contribution in [0, 0.1) is 0 Å². The van der Waals surface area contributed by atoms with E-state index in [4.69, 9.17) is 4.42 Å². The van der Waals surface area contributed by atoms with Gasteiger partial charge in [-0.25, -0.2) is 4.79 Å². The third-order valence-corrected chi connectivity index (χ3v) is 3.05. The molecule has 0 fully saturated rings. The SMILES string of the molecule is O=C(NCCC(O)c1ccco1)Nc1ccc(C(F)(F)F)cc1. The molecule has 0 bridgehead atoms. The van der Waals surface area contributed by atoms with Crippen molar-refractivity contribution in [1.29, 1.82) is 0 Å². The van der Waals surface area contributed by atoms with Crippen molar-refractivity contribution in [3.63, 3.8) is 0 Å². The molecule has 2 amide bonds. The number of alkyl halides is 3. The molecule has 0 aliphatic heterocycles. The quantitative estimate of drug-likeness (QED) is 0.786. The van der Waals surface area contributed by atoms with Crippen LogP contribution in [-0.2, 0) is 6.18 Å². The summed E-state index contributed by atoms with van der Waals surface area (Å²) in [4.78, 5) is 11.6. The van der Waals surface area contributed by atoms with Gasteiger partial charge in [0.05, 0.1) is 11.8 Å². The van der Waals surface area contributed by atoms with Gasteiger partial charge in [0.15, 0.2) is 0 Å². The van der Waals surface area contributed by atoms with E-state index >= 15 is 0 Å². The molecule has 0 saturated heterocycles. The number of carbonyl (C=O) groups is 1. The Bertz CT molecular complexity index is 624. The predicted molar refractivity (Wildman–Crippen MR) is 76.8 cm³/mol. The number of anilines is 1. The van der Waals surface area contributed by atoms with Crippen molar-refractivity contribution in [1.82, 2.24) is 5.32 Å². The van der Waals surface area contributed by atoms with Crippen molar-refractivity contribution in [2.45, 2.75) is 18.7 Å². The molecule has 124 valence electrons. The monoisotopic (exact) mass is 328 g/mol. The van der Waals surface area contributed by atoms with E-state index in [1.54, 1.807) is 12.1 Å². The van der Waals surface area contributed by atoms with Crippen LogP contribution < -0.4 is 10.6 Å². The molecular formula is C15H15F3N2O3. The van der Waals surface area contributed by atoms with Gasteiger partial charge in [0.25, 0.3) is 0 Å². The van der Waals surface area contributed by atoms with Crippen molar-refractivity contribution >= 4 is 11.7 Å². The molecule has 23 heavy (non-hydrogen) atoms. The van der Waals surface area contributed by atoms with Gasteiger partial charge in [-0.1, -0.05) is 0 Å². The molecule has 0 radical (unpaired) electrons. The van der Waals surface area contributed by atoms with E-state index in [9.17, 15) is 23.1 Å². The normalized spacial score (nSPS) is 12.7. The smallest absolute Gasteiger partial charge is 0.416 e. The summed E-state index contributed by atoms with van der Waals surface area (Å²) in [5, 5.41) is 14.6. The maximum atomic E-state index is 12.4. The van der Waals surface area contributed by atoms with Crippen molar-refractivity contribution in [3.05, 3.63) is 54.0 Å². The minimum Gasteiger partial charge on any atom is -0.467 e. The fourth-order valence-corrected chi connectivity index (χ4v) is 1.86. The molecule has 1 aromatic carbocycles. The minimum absolute atomic E-state index is 0.175. The zero-order valence-corrected chi connectivity index (χ0v) is 11.9. The second-order valence-electron chi connectivity index (χ2n) is 4.78. The zero-order chi connectivity index (χ0) is 16.9. The van der Waals surface area contributed by atoms with Crippen LogP contribution >= 0.6 is 0 Å². The fourth-order valence-electron chi connectivity index (χ4n) is 1.86. The summed E-state index contributed by atoms with van der Waals surface area (Å²) in [6, 6.07) is 6.79. The highest BCUT2D eigenvalue weighted by molar-refractivity contribution is 5.89. The van der Waals surface area contributed by atoms with E-state index in [-0.39, 0.29) is 18.7 Å². The number of benzene rings is 1. The average molecular weight is 328 g/mol. The Labute approximate surface area is 130 Å². The Kier molecular flexibility index (Phi) is 5.28. The van der Waals surface area contributed by atoms with E-state index in [1.165, 1.54) is 18.4 Å². The van der Waals surface area contributed by atoms with Crippen LogP contribution in [0.15, 0.2) is 47.1 Å². The largest absolute Gasteiger partial charge is 0.467 e. The summed E-state index contributed by atoms with van der Waals surface area (Å²) < 4.78 is 42.2. The topological polar surface area (TPSA) is 74.5 Å². The summed E-state index contributed by atoms with van der Waals surface area (Å²) >= 11 is 0. The molecule has 1 unspecified atom stereocenters. The van der Waals surface area contributed by atoms with Crippen LogP contribution in [0.5, 0.6) is 0 Å². The number of hydrogen-bond donors (Lipinski definition) is 3. The average Bonchev–Trinajstić information content (AvgIpc) is 3.01. The Morgan fingerprint density at radius 2 is 1.91 bits per heavy atom. The van der Waals surface area contributed by atoms with Gasteiger partial charge in [-0.15, -0.1) is 0 Å². The zero-order valence-electron chi connectivity index (χ0n) is 11.9. The molecule has 8 heteroatoms.